The van der Waals surface area contributed by atoms with Crippen molar-refractivity contribution in [2.24, 2.45) is 0 Å². The Morgan fingerprint density at radius 3 is 2.48 bits per heavy atom. The molecule has 27 heavy (non-hydrogen) atoms. The normalized spacial score (nSPS) is 12.6. The summed E-state index contributed by atoms with van der Waals surface area (Å²) in [4.78, 5) is 12.7. The minimum atomic E-state index is -3.53. The van der Waals surface area contributed by atoms with Gasteiger partial charge in [0.15, 0.2) is 9.84 Å². The lowest BCUT2D eigenvalue weighted by Crippen LogP contribution is -2.27. The summed E-state index contributed by atoms with van der Waals surface area (Å²) in [6.45, 7) is 0.388. The van der Waals surface area contributed by atoms with E-state index in [4.69, 9.17) is 4.74 Å². The molecule has 0 fully saturated rings. The molecule has 9 heteroatoms. The molecule has 0 saturated heterocycles. The number of nitro groups is 1. The molecule has 0 saturated carbocycles. The van der Waals surface area contributed by atoms with Gasteiger partial charge in [0.05, 0.1) is 23.0 Å². The molecule has 1 atom stereocenters. The summed E-state index contributed by atoms with van der Waals surface area (Å²) in [5.41, 5.74) is 0.977. The molecule has 146 valence electrons. The third-order valence-electron chi connectivity index (χ3n) is 4.18. The molecule has 0 bridgehead atoms. The van der Waals surface area contributed by atoms with E-state index in [0.717, 1.165) is 23.6 Å². The van der Waals surface area contributed by atoms with Crippen LogP contribution in [0.2, 0.25) is 0 Å². The number of rotatable bonds is 8. The highest BCUT2D eigenvalue weighted by atomic mass is 32.2. The van der Waals surface area contributed by atoms with E-state index >= 15 is 0 Å². The van der Waals surface area contributed by atoms with Crippen molar-refractivity contribution >= 4 is 21.2 Å². The Morgan fingerprint density at radius 1 is 1.22 bits per heavy atom. The van der Waals surface area contributed by atoms with Crippen LogP contribution in [0.4, 0.5) is 11.4 Å². The maximum absolute atomic E-state index is 11.7. The fourth-order valence-electron chi connectivity index (χ4n) is 2.70. The topological polar surface area (TPSA) is 102 Å². The highest BCUT2D eigenvalue weighted by Gasteiger charge is 2.21. The van der Waals surface area contributed by atoms with Crippen molar-refractivity contribution in [1.82, 2.24) is 4.90 Å². The van der Waals surface area contributed by atoms with Gasteiger partial charge in [0.25, 0.3) is 5.69 Å². The molecule has 0 aliphatic rings. The third kappa shape index (κ3) is 5.18. The Balaban J connectivity index is 2.30. The summed E-state index contributed by atoms with van der Waals surface area (Å²) >= 11 is 0. The number of anilines is 1. The van der Waals surface area contributed by atoms with E-state index in [9.17, 15) is 18.5 Å². The second kappa shape index (κ2) is 8.36. The predicted octanol–water partition coefficient (Wildman–Crippen LogP) is 2.72. The van der Waals surface area contributed by atoms with E-state index in [1.165, 1.54) is 12.1 Å². The molecule has 2 aromatic rings. The molecule has 0 amide bonds. The van der Waals surface area contributed by atoms with Gasteiger partial charge in [-0.1, -0.05) is 12.1 Å². The van der Waals surface area contributed by atoms with Crippen molar-refractivity contribution in [1.29, 1.82) is 0 Å². The van der Waals surface area contributed by atoms with Gasteiger partial charge in [-0.25, -0.2) is 8.42 Å². The minimum absolute atomic E-state index is 0.0747. The Labute approximate surface area is 158 Å². The highest BCUT2D eigenvalue weighted by molar-refractivity contribution is 7.90. The zero-order valence-corrected chi connectivity index (χ0v) is 16.5. The van der Waals surface area contributed by atoms with Crippen molar-refractivity contribution in [2.45, 2.75) is 10.9 Å². The number of hydrogen-bond acceptors (Lipinski definition) is 7. The average molecular weight is 393 g/mol. The fourth-order valence-corrected chi connectivity index (χ4v) is 3.34. The quantitative estimate of drug-likeness (QED) is 0.543. The van der Waals surface area contributed by atoms with Gasteiger partial charge >= 0.3 is 0 Å². The SMILES string of the molecule is COc1cccc(C(CNc2ccc(S(C)(=O)=O)cc2[N+](=O)[O-])N(C)C)c1. The number of hydrogen-bond donors (Lipinski definition) is 1. The van der Waals surface area contributed by atoms with Gasteiger partial charge in [-0.15, -0.1) is 0 Å². The first-order valence-electron chi connectivity index (χ1n) is 8.16. The number of nitrogens with one attached hydrogen (secondary N) is 1. The molecule has 2 aromatic carbocycles. The van der Waals surface area contributed by atoms with E-state index in [0.29, 0.717) is 6.54 Å². The molecule has 0 aliphatic heterocycles. The highest BCUT2D eigenvalue weighted by Crippen LogP contribution is 2.29. The van der Waals surface area contributed by atoms with Crippen LogP contribution in [0, 0.1) is 10.1 Å². The second-order valence-corrected chi connectivity index (χ2v) is 8.36. The van der Waals surface area contributed by atoms with Crippen LogP contribution < -0.4 is 10.1 Å². The maximum Gasteiger partial charge on any atom is 0.293 e. The predicted molar refractivity (Wildman–Crippen MR) is 104 cm³/mol. The molecule has 0 aliphatic carbocycles. The molecule has 0 radical (unpaired) electrons. The first-order chi connectivity index (χ1) is 12.6. The Bertz CT molecular complexity index is 928. The summed E-state index contributed by atoms with van der Waals surface area (Å²) in [7, 11) is 1.89. The van der Waals surface area contributed by atoms with Crippen molar-refractivity contribution in [3.63, 3.8) is 0 Å². The second-order valence-electron chi connectivity index (χ2n) is 6.35. The standard InChI is InChI=1S/C18H23N3O5S/c1-20(2)18(13-6-5-7-14(10-13)26-3)12-19-16-9-8-15(27(4,24)25)11-17(16)21(22)23/h5-11,18-19H,12H2,1-4H3. The molecule has 1 N–H and O–H groups in total. The zero-order chi connectivity index (χ0) is 20.2. The van der Waals surface area contributed by atoms with Gasteiger partial charge in [-0.05, 0) is 43.9 Å². The number of benzene rings is 2. The monoisotopic (exact) mass is 393 g/mol. The van der Waals surface area contributed by atoms with Gasteiger partial charge in [-0.2, -0.15) is 0 Å². The zero-order valence-electron chi connectivity index (χ0n) is 15.7. The molecule has 2 rings (SSSR count). The summed E-state index contributed by atoms with van der Waals surface area (Å²) in [5.74, 6) is 0.725. The third-order valence-corrected chi connectivity index (χ3v) is 5.29. The van der Waals surface area contributed by atoms with Crippen LogP contribution in [0.25, 0.3) is 0 Å². The number of nitrogens with zero attached hydrogens (tertiary/aromatic N) is 2. The molecular weight excluding hydrogens is 370 g/mol. The number of nitro benzene ring substituents is 1. The summed E-state index contributed by atoms with van der Waals surface area (Å²) in [5, 5.41) is 14.4. The van der Waals surface area contributed by atoms with Crippen LogP contribution in [0.1, 0.15) is 11.6 Å². The van der Waals surface area contributed by atoms with Gasteiger partial charge in [-0.3, -0.25) is 10.1 Å². The Hall–Kier alpha value is -2.65. The van der Waals surface area contributed by atoms with Crippen LogP contribution in [-0.4, -0.2) is 52.2 Å². The summed E-state index contributed by atoms with van der Waals surface area (Å²) in [6.07, 6.45) is 1.02. The first kappa shape index (κ1) is 20.7. The van der Waals surface area contributed by atoms with Crippen molar-refractivity contribution < 1.29 is 18.1 Å². The van der Waals surface area contributed by atoms with Crippen molar-refractivity contribution in [2.75, 3.05) is 39.3 Å². The number of likely N-dealkylation sites (N-methyl/N-ethyl adjacent to an activating group) is 1. The van der Waals surface area contributed by atoms with Crippen molar-refractivity contribution in [3.05, 3.63) is 58.1 Å². The Morgan fingerprint density at radius 2 is 1.93 bits per heavy atom. The lowest BCUT2D eigenvalue weighted by molar-refractivity contribution is -0.384. The van der Waals surface area contributed by atoms with Crippen LogP contribution >= 0.6 is 0 Å². The van der Waals surface area contributed by atoms with Crippen LogP contribution in [-0.2, 0) is 9.84 Å². The number of ether oxygens (including phenoxy) is 1. The smallest absolute Gasteiger partial charge is 0.293 e. The van der Waals surface area contributed by atoms with Crippen LogP contribution in [0.5, 0.6) is 5.75 Å². The molecule has 1 unspecified atom stereocenters. The van der Waals surface area contributed by atoms with Gasteiger partial charge < -0.3 is 15.0 Å². The molecule has 8 nitrogen and oxygen atoms in total. The first-order valence-corrected chi connectivity index (χ1v) is 10.1. The Kier molecular flexibility index (Phi) is 6.40. The van der Waals surface area contributed by atoms with E-state index in [1.54, 1.807) is 7.11 Å². The molecule has 0 spiro atoms. The van der Waals surface area contributed by atoms with E-state index in [-0.39, 0.29) is 22.3 Å². The van der Waals surface area contributed by atoms with E-state index < -0.39 is 14.8 Å². The lowest BCUT2D eigenvalue weighted by atomic mass is 10.1. The largest absolute Gasteiger partial charge is 0.497 e. The number of sulfone groups is 1. The van der Waals surface area contributed by atoms with E-state index in [1.807, 2.05) is 43.3 Å². The lowest BCUT2D eigenvalue weighted by Gasteiger charge is -2.26. The summed E-state index contributed by atoms with van der Waals surface area (Å²) < 4.78 is 28.6. The minimum Gasteiger partial charge on any atom is -0.497 e. The number of methoxy groups -OCH3 is 1. The van der Waals surface area contributed by atoms with Gasteiger partial charge in [0, 0.05) is 18.9 Å². The van der Waals surface area contributed by atoms with Gasteiger partial charge in [0.1, 0.15) is 11.4 Å². The summed E-state index contributed by atoms with van der Waals surface area (Å²) in [6, 6.07) is 11.4. The molecular formula is C18H23N3O5S. The average Bonchev–Trinajstić information content (AvgIpc) is 2.60. The van der Waals surface area contributed by atoms with Crippen LogP contribution in [0.15, 0.2) is 47.4 Å². The van der Waals surface area contributed by atoms with Crippen LogP contribution in [0.3, 0.4) is 0 Å². The molecule has 0 heterocycles. The fraction of sp³-hybridized carbons (Fsp3) is 0.333. The van der Waals surface area contributed by atoms with Crippen molar-refractivity contribution in [3.8, 4) is 5.75 Å². The maximum atomic E-state index is 11.7. The van der Waals surface area contributed by atoms with Gasteiger partial charge in [0.2, 0.25) is 0 Å². The molecule has 0 aromatic heterocycles. The van der Waals surface area contributed by atoms with E-state index in [2.05, 4.69) is 5.32 Å².